The molecule has 0 atom stereocenters. The Kier molecular flexibility index (Phi) is 4.46. The van der Waals surface area contributed by atoms with Crippen LogP contribution in [0.3, 0.4) is 0 Å². The topological polar surface area (TPSA) is 30.5 Å². The van der Waals surface area contributed by atoms with Gasteiger partial charge in [-0.1, -0.05) is 18.6 Å². The minimum absolute atomic E-state index is 0.361. The zero-order valence-electron chi connectivity index (χ0n) is 12.4. The Labute approximate surface area is 121 Å². The van der Waals surface area contributed by atoms with Gasteiger partial charge in [0.2, 0.25) is 0 Å². The average Bonchev–Trinajstić information content (AvgIpc) is 3.31. The molecule has 20 heavy (non-hydrogen) atoms. The highest BCUT2D eigenvalue weighted by Gasteiger charge is 2.23. The van der Waals surface area contributed by atoms with Crippen LogP contribution in [0.5, 0.6) is 11.5 Å². The number of hydrogen-bond acceptors (Lipinski definition) is 3. The van der Waals surface area contributed by atoms with Crippen LogP contribution < -0.4 is 14.8 Å². The fourth-order valence-electron chi connectivity index (χ4n) is 2.89. The van der Waals surface area contributed by atoms with E-state index in [1.807, 2.05) is 6.07 Å². The summed E-state index contributed by atoms with van der Waals surface area (Å²) in [6.45, 7) is 0.879. The number of rotatable bonds is 6. The van der Waals surface area contributed by atoms with Gasteiger partial charge in [0.15, 0.2) is 11.5 Å². The maximum absolute atomic E-state index is 6.30. The van der Waals surface area contributed by atoms with Crippen molar-refractivity contribution in [3.63, 3.8) is 0 Å². The molecular weight excluding hydrogens is 250 g/mol. The summed E-state index contributed by atoms with van der Waals surface area (Å²) >= 11 is 0. The first kappa shape index (κ1) is 13.7. The lowest BCUT2D eigenvalue weighted by Crippen LogP contribution is -2.22. The van der Waals surface area contributed by atoms with Crippen molar-refractivity contribution in [3.8, 4) is 11.5 Å². The monoisotopic (exact) mass is 275 g/mol. The Morgan fingerprint density at radius 2 is 1.90 bits per heavy atom. The number of benzene rings is 1. The highest BCUT2D eigenvalue weighted by Crippen LogP contribution is 2.35. The summed E-state index contributed by atoms with van der Waals surface area (Å²) in [7, 11) is 1.72. The normalized spacial score (nSPS) is 19.9. The van der Waals surface area contributed by atoms with Crippen molar-refractivity contribution in [2.24, 2.45) is 0 Å². The summed E-state index contributed by atoms with van der Waals surface area (Å²) in [5, 5.41) is 3.57. The highest BCUT2D eigenvalue weighted by molar-refractivity contribution is 5.46. The van der Waals surface area contributed by atoms with Crippen LogP contribution in [-0.4, -0.2) is 19.3 Å². The SMILES string of the molecule is COc1cccc(CNC2CC2)c1OC1CCCCC1. The van der Waals surface area contributed by atoms with Crippen LogP contribution in [0.15, 0.2) is 18.2 Å². The van der Waals surface area contributed by atoms with Crippen molar-refractivity contribution in [1.29, 1.82) is 0 Å². The Bertz CT molecular complexity index is 437. The maximum Gasteiger partial charge on any atom is 0.166 e. The van der Waals surface area contributed by atoms with Crippen LogP contribution in [-0.2, 0) is 6.54 Å². The Morgan fingerprint density at radius 3 is 2.60 bits per heavy atom. The molecule has 0 heterocycles. The molecule has 2 aliphatic carbocycles. The van der Waals surface area contributed by atoms with Crippen LogP contribution in [0.1, 0.15) is 50.5 Å². The van der Waals surface area contributed by atoms with Crippen LogP contribution in [0, 0.1) is 0 Å². The third-order valence-electron chi connectivity index (χ3n) is 4.28. The van der Waals surface area contributed by atoms with Crippen LogP contribution >= 0.6 is 0 Å². The summed E-state index contributed by atoms with van der Waals surface area (Å²) < 4.78 is 11.8. The second kappa shape index (κ2) is 6.49. The first-order chi connectivity index (χ1) is 9.86. The van der Waals surface area contributed by atoms with Gasteiger partial charge >= 0.3 is 0 Å². The molecule has 2 saturated carbocycles. The van der Waals surface area contributed by atoms with Crippen LogP contribution in [0.2, 0.25) is 0 Å². The summed E-state index contributed by atoms with van der Waals surface area (Å²) in [5.41, 5.74) is 1.22. The van der Waals surface area contributed by atoms with Crippen molar-refractivity contribution < 1.29 is 9.47 Å². The van der Waals surface area contributed by atoms with E-state index in [0.29, 0.717) is 12.1 Å². The molecular formula is C17H25NO2. The van der Waals surface area contributed by atoms with E-state index in [1.54, 1.807) is 7.11 Å². The first-order valence-electron chi connectivity index (χ1n) is 7.92. The molecule has 0 bridgehead atoms. The van der Waals surface area contributed by atoms with Gasteiger partial charge in [0, 0.05) is 18.2 Å². The molecule has 1 aromatic carbocycles. The molecule has 0 unspecified atom stereocenters. The second-order valence-corrected chi connectivity index (χ2v) is 5.98. The van der Waals surface area contributed by atoms with E-state index in [9.17, 15) is 0 Å². The van der Waals surface area contributed by atoms with Crippen molar-refractivity contribution in [2.75, 3.05) is 7.11 Å². The third-order valence-corrected chi connectivity index (χ3v) is 4.28. The number of hydrogen-bond donors (Lipinski definition) is 1. The largest absolute Gasteiger partial charge is 0.493 e. The third kappa shape index (κ3) is 3.45. The fourth-order valence-corrected chi connectivity index (χ4v) is 2.89. The van der Waals surface area contributed by atoms with Crippen LogP contribution in [0.4, 0.5) is 0 Å². The Morgan fingerprint density at radius 1 is 1.10 bits per heavy atom. The van der Waals surface area contributed by atoms with E-state index < -0.39 is 0 Å². The van der Waals surface area contributed by atoms with Crippen molar-refractivity contribution in [2.45, 2.75) is 63.6 Å². The van der Waals surface area contributed by atoms with Gasteiger partial charge in [0.25, 0.3) is 0 Å². The zero-order chi connectivity index (χ0) is 13.8. The van der Waals surface area contributed by atoms with E-state index in [4.69, 9.17) is 9.47 Å². The quantitative estimate of drug-likeness (QED) is 0.859. The lowest BCUT2D eigenvalue weighted by atomic mass is 9.97. The Balaban J connectivity index is 1.73. The van der Waals surface area contributed by atoms with Gasteiger partial charge in [-0.15, -0.1) is 0 Å². The predicted octanol–water partition coefficient (Wildman–Crippen LogP) is 3.66. The number of para-hydroxylation sites is 1. The molecule has 0 saturated heterocycles. The van der Waals surface area contributed by atoms with E-state index in [1.165, 1.54) is 50.5 Å². The van der Waals surface area contributed by atoms with Crippen molar-refractivity contribution in [1.82, 2.24) is 5.32 Å². The van der Waals surface area contributed by atoms with Gasteiger partial charge in [0.1, 0.15) is 0 Å². The van der Waals surface area contributed by atoms with Gasteiger partial charge in [-0.25, -0.2) is 0 Å². The number of ether oxygens (including phenoxy) is 2. The molecule has 0 aromatic heterocycles. The minimum Gasteiger partial charge on any atom is -0.493 e. The summed E-state index contributed by atoms with van der Waals surface area (Å²) in [4.78, 5) is 0. The van der Waals surface area contributed by atoms with Gasteiger partial charge in [-0.05, 0) is 44.6 Å². The molecule has 0 spiro atoms. The van der Waals surface area contributed by atoms with Gasteiger partial charge in [0.05, 0.1) is 13.2 Å². The first-order valence-corrected chi connectivity index (χ1v) is 7.92. The molecule has 3 rings (SSSR count). The van der Waals surface area contributed by atoms with E-state index in [0.717, 1.165) is 18.0 Å². The van der Waals surface area contributed by atoms with E-state index in [-0.39, 0.29) is 0 Å². The summed E-state index contributed by atoms with van der Waals surface area (Å²) in [6, 6.07) is 6.91. The molecule has 0 amide bonds. The zero-order valence-corrected chi connectivity index (χ0v) is 12.4. The standard InChI is InChI=1S/C17H25NO2/c1-19-16-9-5-6-13(12-18-14-10-11-14)17(16)20-15-7-3-2-4-8-15/h5-6,9,14-15,18H,2-4,7-8,10-12H2,1H3. The molecule has 2 fully saturated rings. The van der Waals surface area contributed by atoms with Gasteiger partial charge in [-0.2, -0.15) is 0 Å². The molecule has 2 aliphatic rings. The molecule has 3 heteroatoms. The maximum atomic E-state index is 6.30. The molecule has 1 aromatic rings. The predicted molar refractivity (Wildman–Crippen MR) is 80.4 cm³/mol. The average molecular weight is 275 g/mol. The number of nitrogens with one attached hydrogen (secondary N) is 1. The highest BCUT2D eigenvalue weighted by atomic mass is 16.5. The molecule has 1 N–H and O–H groups in total. The van der Waals surface area contributed by atoms with Crippen molar-refractivity contribution in [3.05, 3.63) is 23.8 Å². The lowest BCUT2D eigenvalue weighted by Gasteiger charge is -2.25. The molecule has 3 nitrogen and oxygen atoms in total. The minimum atomic E-state index is 0.361. The fraction of sp³-hybridized carbons (Fsp3) is 0.647. The van der Waals surface area contributed by atoms with Gasteiger partial charge in [-0.3, -0.25) is 0 Å². The molecule has 110 valence electrons. The molecule has 0 radical (unpaired) electrons. The summed E-state index contributed by atoms with van der Waals surface area (Å²) in [5.74, 6) is 1.82. The van der Waals surface area contributed by atoms with Crippen LogP contribution in [0.25, 0.3) is 0 Å². The second-order valence-electron chi connectivity index (χ2n) is 5.98. The lowest BCUT2D eigenvalue weighted by molar-refractivity contribution is 0.148. The van der Waals surface area contributed by atoms with Crippen molar-refractivity contribution >= 4 is 0 Å². The Hall–Kier alpha value is -1.22. The smallest absolute Gasteiger partial charge is 0.166 e. The van der Waals surface area contributed by atoms with Gasteiger partial charge < -0.3 is 14.8 Å². The summed E-state index contributed by atoms with van der Waals surface area (Å²) in [6.07, 6.45) is 9.25. The number of methoxy groups -OCH3 is 1. The molecule has 0 aliphatic heterocycles. The van der Waals surface area contributed by atoms with E-state index in [2.05, 4.69) is 17.4 Å². The van der Waals surface area contributed by atoms with E-state index >= 15 is 0 Å².